The Labute approximate surface area is 148 Å². The molecule has 2 aromatic heterocycles. The molecule has 3 rings (SSSR count). The van der Waals surface area contributed by atoms with Crippen molar-refractivity contribution in [3.05, 3.63) is 33.1 Å². The quantitative estimate of drug-likeness (QED) is 0.894. The maximum absolute atomic E-state index is 12.4. The Kier molecular flexibility index (Phi) is 5.15. The number of halogens is 1. The Morgan fingerprint density at radius 2 is 2.17 bits per heavy atom. The van der Waals surface area contributed by atoms with E-state index in [1.165, 1.54) is 11.3 Å². The predicted molar refractivity (Wildman–Crippen MR) is 88.8 cm³/mol. The van der Waals surface area contributed by atoms with Crippen molar-refractivity contribution in [2.24, 2.45) is 5.92 Å². The number of aromatic nitrogens is 2. The molecule has 0 aliphatic carbocycles. The number of hydrogen-bond donors (Lipinski definition) is 1. The Morgan fingerprint density at radius 3 is 2.75 bits per heavy atom. The molecule has 2 aromatic rings. The van der Waals surface area contributed by atoms with E-state index in [-0.39, 0.29) is 24.3 Å². The van der Waals surface area contributed by atoms with Gasteiger partial charge in [-0.2, -0.15) is 4.98 Å². The third kappa shape index (κ3) is 3.93. The number of carbonyl (C=O) groups is 2. The summed E-state index contributed by atoms with van der Waals surface area (Å²) in [5.41, 5.74) is 0. The highest BCUT2D eigenvalue weighted by molar-refractivity contribution is 7.17. The minimum atomic E-state index is -0.106. The van der Waals surface area contributed by atoms with E-state index in [0.29, 0.717) is 46.9 Å². The average Bonchev–Trinajstić information content (AvgIpc) is 3.20. The van der Waals surface area contributed by atoms with Crippen LogP contribution in [0.5, 0.6) is 0 Å². The second-order valence-electron chi connectivity index (χ2n) is 5.62. The van der Waals surface area contributed by atoms with Crippen LogP contribution in [0, 0.1) is 12.8 Å². The molecule has 2 amide bonds. The summed E-state index contributed by atoms with van der Waals surface area (Å²) in [7, 11) is 0. The lowest BCUT2D eigenvalue weighted by Crippen LogP contribution is -2.42. The molecule has 1 N–H and O–H groups in total. The van der Waals surface area contributed by atoms with Gasteiger partial charge in [0, 0.05) is 19.0 Å². The molecule has 0 radical (unpaired) electrons. The van der Waals surface area contributed by atoms with E-state index in [1.807, 2.05) is 0 Å². The van der Waals surface area contributed by atoms with Crippen LogP contribution in [0.25, 0.3) is 0 Å². The minimum Gasteiger partial charge on any atom is -0.347 e. The van der Waals surface area contributed by atoms with Gasteiger partial charge in [0.1, 0.15) is 0 Å². The summed E-state index contributed by atoms with van der Waals surface area (Å²) < 4.78 is 5.56. The van der Waals surface area contributed by atoms with Gasteiger partial charge in [-0.15, -0.1) is 11.3 Å². The van der Waals surface area contributed by atoms with Crippen molar-refractivity contribution in [3.8, 4) is 0 Å². The molecule has 1 aliphatic heterocycles. The van der Waals surface area contributed by atoms with Crippen LogP contribution in [0.4, 0.5) is 0 Å². The first-order valence-electron chi connectivity index (χ1n) is 7.64. The van der Waals surface area contributed by atoms with Crippen LogP contribution in [0.1, 0.15) is 34.2 Å². The molecule has 24 heavy (non-hydrogen) atoms. The van der Waals surface area contributed by atoms with Crippen LogP contribution < -0.4 is 5.32 Å². The number of aryl methyl sites for hydroxylation is 1. The molecule has 9 heteroatoms. The third-order valence-electron chi connectivity index (χ3n) is 3.92. The molecule has 0 spiro atoms. The number of thiophene rings is 1. The monoisotopic (exact) mass is 368 g/mol. The summed E-state index contributed by atoms with van der Waals surface area (Å²) in [6.45, 7) is 3.08. The number of carbonyl (C=O) groups excluding carboxylic acids is 2. The molecule has 128 valence electrons. The van der Waals surface area contributed by atoms with Crippen molar-refractivity contribution in [1.29, 1.82) is 0 Å². The largest absolute Gasteiger partial charge is 0.347 e. The number of likely N-dealkylation sites (tertiary alicyclic amines) is 1. The first-order valence-corrected chi connectivity index (χ1v) is 8.84. The second-order valence-corrected chi connectivity index (χ2v) is 7.34. The second kappa shape index (κ2) is 7.31. The van der Waals surface area contributed by atoms with E-state index in [1.54, 1.807) is 24.0 Å². The van der Waals surface area contributed by atoms with Crippen molar-refractivity contribution in [2.75, 3.05) is 13.1 Å². The number of rotatable bonds is 4. The molecular weight excluding hydrogens is 352 g/mol. The van der Waals surface area contributed by atoms with Crippen molar-refractivity contribution >= 4 is 34.8 Å². The van der Waals surface area contributed by atoms with Crippen LogP contribution in [-0.2, 0) is 11.3 Å². The van der Waals surface area contributed by atoms with Crippen LogP contribution in [0.3, 0.4) is 0 Å². The van der Waals surface area contributed by atoms with Crippen molar-refractivity contribution in [1.82, 2.24) is 20.4 Å². The summed E-state index contributed by atoms with van der Waals surface area (Å²) in [6, 6.07) is 3.46. The van der Waals surface area contributed by atoms with E-state index in [0.717, 1.165) is 0 Å². The lowest BCUT2D eigenvalue weighted by atomic mass is 9.96. The first-order chi connectivity index (χ1) is 11.5. The lowest BCUT2D eigenvalue weighted by molar-refractivity contribution is -0.126. The normalized spacial score (nSPS) is 15.5. The highest BCUT2D eigenvalue weighted by Gasteiger charge is 2.28. The maximum atomic E-state index is 12.4. The number of amides is 2. The van der Waals surface area contributed by atoms with Crippen LogP contribution in [0.2, 0.25) is 4.34 Å². The molecule has 1 fully saturated rings. The zero-order chi connectivity index (χ0) is 17.1. The summed E-state index contributed by atoms with van der Waals surface area (Å²) in [4.78, 5) is 31.0. The molecule has 3 heterocycles. The van der Waals surface area contributed by atoms with Gasteiger partial charge in [-0.1, -0.05) is 16.8 Å². The summed E-state index contributed by atoms with van der Waals surface area (Å²) in [5, 5.41) is 6.48. The zero-order valence-electron chi connectivity index (χ0n) is 13.1. The standard InChI is InChI=1S/C15H17ClN4O3S/c1-9-18-13(23-19-9)8-17-14(21)10-4-6-20(7-5-10)15(22)11-2-3-12(16)24-11/h2-3,10H,4-8H2,1H3,(H,17,21). The van der Waals surface area contributed by atoms with Gasteiger partial charge in [-0.25, -0.2) is 0 Å². The Bertz CT molecular complexity index is 737. The van der Waals surface area contributed by atoms with Gasteiger partial charge in [0.15, 0.2) is 5.82 Å². The van der Waals surface area contributed by atoms with Gasteiger partial charge in [0.2, 0.25) is 11.8 Å². The molecule has 0 bridgehead atoms. The highest BCUT2D eigenvalue weighted by atomic mass is 35.5. The molecule has 0 saturated carbocycles. The van der Waals surface area contributed by atoms with Crippen molar-refractivity contribution in [3.63, 3.8) is 0 Å². The third-order valence-corrected chi connectivity index (χ3v) is 5.14. The highest BCUT2D eigenvalue weighted by Crippen LogP contribution is 2.25. The van der Waals surface area contributed by atoms with E-state index in [4.69, 9.17) is 16.1 Å². The van der Waals surface area contributed by atoms with E-state index in [9.17, 15) is 9.59 Å². The zero-order valence-corrected chi connectivity index (χ0v) is 14.7. The van der Waals surface area contributed by atoms with Crippen LogP contribution in [-0.4, -0.2) is 39.9 Å². The van der Waals surface area contributed by atoms with E-state index in [2.05, 4.69) is 15.5 Å². The fraction of sp³-hybridized carbons (Fsp3) is 0.467. The van der Waals surface area contributed by atoms with Gasteiger partial charge in [0.05, 0.1) is 15.8 Å². The summed E-state index contributed by atoms with van der Waals surface area (Å²) in [6.07, 6.45) is 1.28. The van der Waals surface area contributed by atoms with Gasteiger partial charge in [-0.05, 0) is 31.9 Å². The number of nitrogens with one attached hydrogen (secondary N) is 1. The van der Waals surface area contributed by atoms with E-state index < -0.39 is 0 Å². The number of hydrogen-bond acceptors (Lipinski definition) is 6. The van der Waals surface area contributed by atoms with Gasteiger partial charge in [-0.3, -0.25) is 9.59 Å². The molecule has 7 nitrogen and oxygen atoms in total. The number of piperidine rings is 1. The fourth-order valence-electron chi connectivity index (χ4n) is 2.65. The molecule has 0 atom stereocenters. The topological polar surface area (TPSA) is 88.3 Å². The first kappa shape index (κ1) is 16.9. The summed E-state index contributed by atoms with van der Waals surface area (Å²) >= 11 is 7.15. The molecule has 0 unspecified atom stereocenters. The fourth-order valence-corrected chi connectivity index (χ4v) is 3.66. The molecule has 1 aliphatic rings. The lowest BCUT2D eigenvalue weighted by Gasteiger charge is -2.31. The van der Waals surface area contributed by atoms with Gasteiger partial charge >= 0.3 is 0 Å². The Morgan fingerprint density at radius 1 is 1.42 bits per heavy atom. The van der Waals surface area contributed by atoms with Crippen molar-refractivity contribution in [2.45, 2.75) is 26.3 Å². The average molecular weight is 369 g/mol. The SMILES string of the molecule is Cc1noc(CNC(=O)C2CCN(C(=O)c3ccc(Cl)s3)CC2)n1. The van der Waals surface area contributed by atoms with Crippen LogP contribution >= 0.6 is 22.9 Å². The molecular formula is C15H17ClN4O3S. The predicted octanol–water partition coefficient (Wildman–Crippen LogP) is 2.26. The molecule has 1 saturated heterocycles. The summed E-state index contributed by atoms with van der Waals surface area (Å²) in [5.74, 6) is 0.761. The number of nitrogens with zero attached hydrogens (tertiary/aromatic N) is 3. The Hall–Kier alpha value is -1.93. The van der Waals surface area contributed by atoms with Gasteiger partial charge < -0.3 is 14.7 Å². The van der Waals surface area contributed by atoms with E-state index >= 15 is 0 Å². The van der Waals surface area contributed by atoms with Crippen LogP contribution in [0.15, 0.2) is 16.7 Å². The Balaban J connectivity index is 1.47. The smallest absolute Gasteiger partial charge is 0.263 e. The maximum Gasteiger partial charge on any atom is 0.263 e. The molecule has 0 aromatic carbocycles. The van der Waals surface area contributed by atoms with Crippen molar-refractivity contribution < 1.29 is 14.1 Å². The minimum absolute atomic E-state index is 0.0212. The van der Waals surface area contributed by atoms with Gasteiger partial charge in [0.25, 0.3) is 5.91 Å².